The fourth-order valence-electron chi connectivity index (χ4n) is 2.68. The van der Waals surface area contributed by atoms with Gasteiger partial charge >= 0.3 is 6.18 Å². The van der Waals surface area contributed by atoms with Gasteiger partial charge in [0.05, 0.1) is 19.2 Å². The molecule has 9 heteroatoms. The third-order valence-corrected chi connectivity index (χ3v) is 4.09. The molecule has 0 fully saturated rings. The largest absolute Gasteiger partial charge is 0.497 e. The monoisotopic (exact) mass is 405 g/mol. The maximum absolute atomic E-state index is 13.5. The molecule has 1 N–H and O–H groups in total. The molecule has 6 nitrogen and oxygen atoms in total. The van der Waals surface area contributed by atoms with Crippen LogP contribution >= 0.6 is 0 Å². The number of rotatable bonds is 6. The summed E-state index contributed by atoms with van der Waals surface area (Å²) in [5.74, 6) is 0.285. The number of carbonyl (C=O) groups excluding carboxylic acids is 1. The van der Waals surface area contributed by atoms with Gasteiger partial charge in [-0.25, -0.2) is 4.68 Å². The van der Waals surface area contributed by atoms with E-state index in [1.807, 2.05) is 0 Å². The molecule has 0 unspecified atom stereocenters. The van der Waals surface area contributed by atoms with E-state index in [0.717, 1.165) is 4.68 Å². The lowest BCUT2D eigenvalue weighted by molar-refractivity contribution is -0.142. The second kappa shape index (κ2) is 8.26. The third-order valence-electron chi connectivity index (χ3n) is 4.09. The van der Waals surface area contributed by atoms with Crippen LogP contribution in [0.25, 0.3) is 0 Å². The van der Waals surface area contributed by atoms with Gasteiger partial charge in [-0.1, -0.05) is 18.2 Å². The van der Waals surface area contributed by atoms with Crippen LogP contribution in [0.1, 0.15) is 21.6 Å². The topological polar surface area (TPSA) is 65.4 Å². The highest BCUT2D eigenvalue weighted by molar-refractivity contribution is 5.94. The minimum Gasteiger partial charge on any atom is -0.497 e. The van der Waals surface area contributed by atoms with Crippen molar-refractivity contribution in [1.29, 1.82) is 0 Å². The molecule has 152 valence electrons. The molecule has 1 aromatic heterocycles. The molecule has 0 spiro atoms. The summed E-state index contributed by atoms with van der Waals surface area (Å²) < 4.78 is 52.0. The van der Waals surface area contributed by atoms with Crippen molar-refractivity contribution in [2.45, 2.75) is 12.7 Å². The average Bonchev–Trinajstić information content (AvgIpc) is 3.03. The zero-order valence-electron chi connectivity index (χ0n) is 15.7. The van der Waals surface area contributed by atoms with E-state index in [1.54, 1.807) is 42.5 Å². The number of hydrogen-bond acceptors (Lipinski definition) is 4. The van der Waals surface area contributed by atoms with Gasteiger partial charge in [0.1, 0.15) is 11.5 Å². The molecular formula is C20H18F3N3O3. The normalized spacial score (nSPS) is 11.2. The Labute approximate surface area is 164 Å². The number of hydrogen-bond donors (Lipinski definition) is 1. The molecule has 29 heavy (non-hydrogen) atoms. The first kappa shape index (κ1) is 20.2. The number of methoxy groups -OCH3 is 1. The van der Waals surface area contributed by atoms with Crippen LogP contribution in [0.15, 0.2) is 54.6 Å². The molecular weight excluding hydrogens is 387 g/mol. The second-order valence-corrected chi connectivity index (χ2v) is 6.08. The predicted molar refractivity (Wildman–Crippen MR) is 98.9 cm³/mol. The van der Waals surface area contributed by atoms with Crippen molar-refractivity contribution >= 4 is 5.91 Å². The molecule has 2 aromatic carbocycles. The van der Waals surface area contributed by atoms with Crippen molar-refractivity contribution in [1.82, 2.24) is 15.1 Å². The minimum atomic E-state index is -4.70. The molecule has 0 radical (unpaired) electrons. The van der Waals surface area contributed by atoms with Crippen LogP contribution in [0.4, 0.5) is 13.2 Å². The summed E-state index contributed by atoms with van der Waals surface area (Å²) in [6, 6.07) is 14.6. The summed E-state index contributed by atoms with van der Waals surface area (Å²) in [5, 5.41) is 6.04. The van der Waals surface area contributed by atoms with Crippen LogP contribution in [-0.2, 0) is 19.8 Å². The molecule has 1 amide bonds. The second-order valence-electron chi connectivity index (χ2n) is 6.08. The van der Waals surface area contributed by atoms with Crippen LogP contribution in [0, 0.1) is 0 Å². The van der Waals surface area contributed by atoms with E-state index < -0.39 is 24.3 Å². The number of halogens is 3. The van der Waals surface area contributed by atoms with Gasteiger partial charge in [-0.2, -0.15) is 18.3 Å². The van der Waals surface area contributed by atoms with E-state index in [0.29, 0.717) is 11.5 Å². The molecule has 0 aliphatic carbocycles. The number of para-hydroxylation sites is 1. The zero-order valence-corrected chi connectivity index (χ0v) is 15.7. The van der Waals surface area contributed by atoms with Gasteiger partial charge in [0.25, 0.3) is 5.91 Å². The Hall–Kier alpha value is -3.49. The minimum absolute atomic E-state index is 0.0986. The standard InChI is InChI=1S/C20H18F3N3O3/c1-26-19(29-15-6-4-3-5-7-15)16(17(25-26)20(21,22)23)12-24-18(27)13-8-10-14(28-2)11-9-13/h3-11H,12H2,1-2H3,(H,24,27). The summed E-state index contributed by atoms with van der Waals surface area (Å²) in [7, 11) is 2.84. The van der Waals surface area contributed by atoms with Crippen molar-refractivity contribution in [3.05, 3.63) is 71.4 Å². The Morgan fingerprint density at radius 1 is 1.07 bits per heavy atom. The van der Waals surface area contributed by atoms with E-state index in [-0.39, 0.29) is 17.0 Å². The van der Waals surface area contributed by atoms with Crippen molar-refractivity contribution < 1.29 is 27.4 Å². The fourth-order valence-corrected chi connectivity index (χ4v) is 2.68. The maximum atomic E-state index is 13.5. The number of alkyl halides is 3. The van der Waals surface area contributed by atoms with Crippen LogP contribution in [0.2, 0.25) is 0 Å². The van der Waals surface area contributed by atoms with E-state index in [2.05, 4.69) is 10.4 Å². The van der Waals surface area contributed by atoms with Gasteiger partial charge in [0, 0.05) is 12.6 Å². The highest BCUT2D eigenvalue weighted by atomic mass is 19.4. The Bertz CT molecular complexity index is 984. The lowest BCUT2D eigenvalue weighted by Crippen LogP contribution is -2.24. The summed E-state index contributed by atoms with van der Waals surface area (Å²) in [4.78, 5) is 12.4. The quantitative estimate of drug-likeness (QED) is 0.669. The Morgan fingerprint density at radius 3 is 2.31 bits per heavy atom. The molecule has 0 bridgehead atoms. The number of nitrogens with one attached hydrogen (secondary N) is 1. The molecule has 0 atom stereocenters. The lowest BCUT2D eigenvalue weighted by Gasteiger charge is -2.11. The van der Waals surface area contributed by atoms with Gasteiger partial charge in [0.2, 0.25) is 5.88 Å². The van der Waals surface area contributed by atoms with E-state index in [1.165, 1.54) is 26.3 Å². The number of aromatic nitrogens is 2. The summed E-state index contributed by atoms with van der Waals surface area (Å²) in [5.41, 5.74) is -1.08. The van der Waals surface area contributed by atoms with Gasteiger partial charge < -0.3 is 14.8 Å². The first-order chi connectivity index (χ1) is 13.8. The molecule has 0 aliphatic heterocycles. The highest BCUT2D eigenvalue weighted by Gasteiger charge is 2.39. The number of aryl methyl sites for hydroxylation is 1. The number of nitrogens with zero attached hydrogens (tertiary/aromatic N) is 2. The Kier molecular flexibility index (Phi) is 5.76. The van der Waals surface area contributed by atoms with Crippen molar-refractivity contribution in [2.75, 3.05) is 7.11 Å². The highest BCUT2D eigenvalue weighted by Crippen LogP contribution is 2.37. The third kappa shape index (κ3) is 4.68. The zero-order chi connectivity index (χ0) is 21.0. The van der Waals surface area contributed by atoms with Crippen molar-refractivity contribution in [2.24, 2.45) is 7.05 Å². The van der Waals surface area contributed by atoms with E-state index >= 15 is 0 Å². The molecule has 3 rings (SSSR count). The molecule has 0 aliphatic rings. The van der Waals surface area contributed by atoms with Crippen LogP contribution in [0.5, 0.6) is 17.4 Å². The summed E-state index contributed by atoms with van der Waals surface area (Å²) >= 11 is 0. The summed E-state index contributed by atoms with van der Waals surface area (Å²) in [6.07, 6.45) is -4.70. The molecule has 1 heterocycles. The van der Waals surface area contributed by atoms with Gasteiger partial charge in [-0.3, -0.25) is 4.79 Å². The summed E-state index contributed by atoms with van der Waals surface area (Å²) in [6.45, 7) is -0.407. The van der Waals surface area contributed by atoms with E-state index in [4.69, 9.17) is 9.47 Å². The van der Waals surface area contributed by atoms with Crippen LogP contribution in [-0.4, -0.2) is 22.8 Å². The number of amides is 1. The first-order valence-corrected chi connectivity index (χ1v) is 8.58. The maximum Gasteiger partial charge on any atom is 0.435 e. The van der Waals surface area contributed by atoms with Crippen molar-refractivity contribution in [3.63, 3.8) is 0 Å². The van der Waals surface area contributed by atoms with Crippen LogP contribution < -0.4 is 14.8 Å². The fraction of sp³-hybridized carbons (Fsp3) is 0.200. The van der Waals surface area contributed by atoms with Crippen molar-refractivity contribution in [3.8, 4) is 17.4 Å². The van der Waals surface area contributed by atoms with Crippen LogP contribution in [0.3, 0.4) is 0 Å². The number of carbonyl (C=O) groups is 1. The predicted octanol–water partition coefficient (Wildman–Crippen LogP) is 4.17. The smallest absolute Gasteiger partial charge is 0.435 e. The number of benzene rings is 2. The van der Waals surface area contributed by atoms with Gasteiger partial charge in [-0.05, 0) is 36.4 Å². The van der Waals surface area contributed by atoms with Gasteiger partial charge in [0.15, 0.2) is 5.69 Å². The Morgan fingerprint density at radius 2 is 1.72 bits per heavy atom. The SMILES string of the molecule is COc1ccc(C(=O)NCc2c(C(F)(F)F)nn(C)c2Oc2ccccc2)cc1. The average molecular weight is 405 g/mol. The van der Waals surface area contributed by atoms with E-state index in [9.17, 15) is 18.0 Å². The number of ether oxygens (including phenoxy) is 2. The lowest BCUT2D eigenvalue weighted by atomic mass is 10.2. The first-order valence-electron chi connectivity index (χ1n) is 8.58. The molecule has 3 aromatic rings. The molecule has 0 saturated heterocycles. The van der Waals surface area contributed by atoms with Gasteiger partial charge in [-0.15, -0.1) is 0 Å². The molecule has 0 saturated carbocycles. The Balaban J connectivity index is 1.86.